The van der Waals surface area contributed by atoms with Gasteiger partial charge in [0.15, 0.2) is 0 Å². The van der Waals surface area contributed by atoms with E-state index in [0.29, 0.717) is 12.3 Å². The second-order valence-corrected chi connectivity index (χ2v) is 6.33. The average molecular weight is 303 g/mol. The number of carbonyl (C=O) groups excluding carboxylic acids is 1. The van der Waals surface area contributed by atoms with Gasteiger partial charge in [-0.3, -0.25) is 4.79 Å². The number of halogens is 1. The minimum Gasteiger partial charge on any atom is -0.378 e. The molecule has 3 atom stereocenters. The van der Waals surface area contributed by atoms with Crippen molar-refractivity contribution in [3.63, 3.8) is 0 Å². The van der Waals surface area contributed by atoms with Crippen molar-refractivity contribution >= 4 is 18.3 Å². The summed E-state index contributed by atoms with van der Waals surface area (Å²) in [5.41, 5.74) is 0. The molecule has 3 fully saturated rings. The summed E-state index contributed by atoms with van der Waals surface area (Å²) < 4.78 is 5.69. The lowest BCUT2D eigenvalue weighted by molar-refractivity contribution is -0.135. The molecule has 1 unspecified atom stereocenters. The minimum absolute atomic E-state index is 0. The number of hydrogen-bond acceptors (Lipinski definition) is 3. The van der Waals surface area contributed by atoms with Crippen molar-refractivity contribution in [2.75, 3.05) is 32.8 Å². The number of hydrogen-bond donors (Lipinski definition) is 1. The molecule has 5 heteroatoms. The molecule has 0 aromatic rings. The first kappa shape index (κ1) is 16.1. The van der Waals surface area contributed by atoms with Gasteiger partial charge in [0.05, 0.1) is 12.5 Å². The molecule has 0 spiro atoms. The van der Waals surface area contributed by atoms with Crippen molar-refractivity contribution in [1.29, 1.82) is 0 Å². The molecule has 0 bridgehead atoms. The van der Waals surface area contributed by atoms with Crippen LogP contribution in [0.3, 0.4) is 0 Å². The van der Waals surface area contributed by atoms with Crippen molar-refractivity contribution in [2.24, 2.45) is 11.8 Å². The van der Waals surface area contributed by atoms with Gasteiger partial charge in [-0.05, 0) is 57.0 Å². The maximum Gasteiger partial charge on any atom is 0.225 e. The maximum atomic E-state index is 12.4. The van der Waals surface area contributed by atoms with Gasteiger partial charge in [0.2, 0.25) is 5.91 Å². The highest BCUT2D eigenvalue weighted by Crippen LogP contribution is 2.27. The number of amides is 1. The first-order valence-electron chi connectivity index (χ1n) is 7.93. The van der Waals surface area contributed by atoms with Crippen LogP contribution < -0.4 is 5.32 Å². The van der Waals surface area contributed by atoms with E-state index in [1.54, 1.807) is 0 Å². The van der Waals surface area contributed by atoms with E-state index in [0.717, 1.165) is 57.5 Å². The van der Waals surface area contributed by atoms with E-state index in [2.05, 4.69) is 10.2 Å². The van der Waals surface area contributed by atoms with Crippen LogP contribution in [0.4, 0.5) is 0 Å². The summed E-state index contributed by atoms with van der Waals surface area (Å²) >= 11 is 0. The van der Waals surface area contributed by atoms with Crippen LogP contribution in [0.1, 0.15) is 38.5 Å². The van der Waals surface area contributed by atoms with Crippen molar-refractivity contribution in [3.05, 3.63) is 0 Å². The third-order valence-corrected chi connectivity index (χ3v) is 5.05. The van der Waals surface area contributed by atoms with E-state index in [9.17, 15) is 4.79 Å². The number of rotatable bonds is 2. The molecule has 0 radical (unpaired) electrons. The van der Waals surface area contributed by atoms with E-state index >= 15 is 0 Å². The highest BCUT2D eigenvalue weighted by molar-refractivity contribution is 5.85. The molecular weight excluding hydrogens is 276 g/mol. The first-order valence-corrected chi connectivity index (χ1v) is 7.93. The Kier molecular flexibility index (Phi) is 6.12. The number of carbonyl (C=O) groups is 1. The number of ether oxygens (including phenoxy) is 1. The van der Waals surface area contributed by atoms with Gasteiger partial charge in [-0.25, -0.2) is 0 Å². The second kappa shape index (κ2) is 7.62. The van der Waals surface area contributed by atoms with Crippen LogP contribution >= 0.6 is 12.4 Å². The molecule has 116 valence electrons. The summed E-state index contributed by atoms with van der Waals surface area (Å²) in [5.74, 6) is 1.91. The molecule has 3 saturated heterocycles. The quantitative estimate of drug-likeness (QED) is 0.846. The highest BCUT2D eigenvalue weighted by Gasteiger charge is 2.32. The second-order valence-electron chi connectivity index (χ2n) is 6.33. The number of likely N-dealkylation sites (tertiary alicyclic amines) is 1. The van der Waals surface area contributed by atoms with Crippen LogP contribution in [0.15, 0.2) is 0 Å². The molecule has 3 rings (SSSR count). The van der Waals surface area contributed by atoms with E-state index in [4.69, 9.17) is 4.74 Å². The largest absolute Gasteiger partial charge is 0.378 e. The van der Waals surface area contributed by atoms with Gasteiger partial charge in [0.25, 0.3) is 0 Å². The van der Waals surface area contributed by atoms with Gasteiger partial charge < -0.3 is 15.0 Å². The Morgan fingerprint density at radius 1 is 1.10 bits per heavy atom. The normalized spacial score (nSPS) is 34.0. The summed E-state index contributed by atoms with van der Waals surface area (Å²) in [4.78, 5) is 14.5. The Hall–Kier alpha value is -0.320. The highest BCUT2D eigenvalue weighted by atomic mass is 35.5. The number of nitrogens with zero attached hydrogens (tertiary/aromatic N) is 1. The van der Waals surface area contributed by atoms with Gasteiger partial charge >= 0.3 is 0 Å². The summed E-state index contributed by atoms with van der Waals surface area (Å²) in [7, 11) is 0. The van der Waals surface area contributed by atoms with Gasteiger partial charge in [0, 0.05) is 19.7 Å². The first-order chi connectivity index (χ1) is 9.33. The molecule has 1 N–H and O–H groups in total. The van der Waals surface area contributed by atoms with Crippen molar-refractivity contribution in [3.8, 4) is 0 Å². The lowest BCUT2D eigenvalue weighted by atomic mass is 9.92. The molecular formula is C15H27ClN2O2. The zero-order valence-corrected chi connectivity index (χ0v) is 13.0. The monoisotopic (exact) mass is 302 g/mol. The van der Waals surface area contributed by atoms with Gasteiger partial charge in [0.1, 0.15) is 0 Å². The predicted octanol–water partition coefficient (Wildman–Crippen LogP) is 1.83. The van der Waals surface area contributed by atoms with E-state index in [1.807, 2.05) is 0 Å². The van der Waals surface area contributed by atoms with Crippen molar-refractivity contribution in [1.82, 2.24) is 10.2 Å². The zero-order valence-electron chi connectivity index (χ0n) is 12.2. The van der Waals surface area contributed by atoms with Crippen LogP contribution in [0.5, 0.6) is 0 Å². The molecule has 20 heavy (non-hydrogen) atoms. The van der Waals surface area contributed by atoms with Crippen LogP contribution in [0.25, 0.3) is 0 Å². The lowest BCUT2D eigenvalue weighted by Gasteiger charge is -2.26. The standard InChI is InChI=1S/C15H26N2O2.ClH/c18-15(9-14-3-1-2-8-19-14)17-6-4-12-10-16-11-13(12)5-7-17;/h12-14,16H,1-11H2;1H/t12-,13+,14?;. The summed E-state index contributed by atoms with van der Waals surface area (Å²) in [6.45, 7) is 5.05. The van der Waals surface area contributed by atoms with Gasteiger partial charge in [-0.2, -0.15) is 0 Å². The Bertz CT molecular complexity index is 307. The van der Waals surface area contributed by atoms with E-state index < -0.39 is 0 Å². The van der Waals surface area contributed by atoms with Crippen LogP contribution in [-0.2, 0) is 9.53 Å². The number of fused-ring (bicyclic) bond motifs is 1. The van der Waals surface area contributed by atoms with Crippen molar-refractivity contribution < 1.29 is 9.53 Å². The Morgan fingerprint density at radius 3 is 2.40 bits per heavy atom. The minimum atomic E-state index is 0. The third kappa shape index (κ3) is 3.86. The number of nitrogens with one attached hydrogen (secondary N) is 1. The Labute approximate surface area is 128 Å². The average Bonchev–Trinajstić information content (AvgIpc) is 2.78. The Morgan fingerprint density at radius 2 is 1.80 bits per heavy atom. The van der Waals surface area contributed by atoms with E-state index in [1.165, 1.54) is 19.3 Å². The fourth-order valence-electron chi connectivity index (χ4n) is 3.76. The SMILES string of the molecule is Cl.O=C(CC1CCCCO1)N1CC[C@@H]2CNC[C@@H]2CC1. The van der Waals surface area contributed by atoms with Gasteiger partial charge in [-0.15, -0.1) is 12.4 Å². The topological polar surface area (TPSA) is 41.6 Å². The molecule has 0 saturated carbocycles. The zero-order chi connectivity index (χ0) is 13.1. The molecule has 1 amide bonds. The molecule has 4 nitrogen and oxygen atoms in total. The van der Waals surface area contributed by atoms with Crippen LogP contribution in [-0.4, -0.2) is 49.7 Å². The lowest BCUT2D eigenvalue weighted by Crippen LogP contribution is -2.36. The molecule has 3 heterocycles. The summed E-state index contributed by atoms with van der Waals surface area (Å²) in [6.07, 6.45) is 6.58. The molecule has 0 aromatic carbocycles. The van der Waals surface area contributed by atoms with E-state index in [-0.39, 0.29) is 18.5 Å². The summed E-state index contributed by atoms with van der Waals surface area (Å²) in [6, 6.07) is 0. The van der Waals surface area contributed by atoms with Crippen molar-refractivity contribution in [2.45, 2.75) is 44.6 Å². The molecule has 3 aliphatic heterocycles. The van der Waals surface area contributed by atoms with Gasteiger partial charge in [-0.1, -0.05) is 0 Å². The third-order valence-electron chi connectivity index (χ3n) is 5.05. The van der Waals surface area contributed by atoms with Crippen LogP contribution in [0.2, 0.25) is 0 Å². The fraction of sp³-hybridized carbons (Fsp3) is 0.933. The fourth-order valence-corrected chi connectivity index (χ4v) is 3.76. The summed E-state index contributed by atoms with van der Waals surface area (Å²) in [5, 5.41) is 3.48. The Balaban J connectivity index is 0.00000147. The maximum absolute atomic E-state index is 12.4. The molecule has 3 aliphatic rings. The van der Waals surface area contributed by atoms with Crippen LogP contribution in [0, 0.1) is 11.8 Å². The smallest absolute Gasteiger partial charge is 0.225 e. The molecule has 0 aromatic heterocycles. The molecule has 0 aliphatic carbocycles. The predicted molar refractivity (Wildman–Crippen MR) is 81.1 cm³/mol.